The van der Waals surface area contributed by atoms with Gasteiger partial charge < -0.3 is 14.8 Å². The van der Waals surface area contributed by atoms with E-state index in [4.69, 9.17) is 21.1 Å². The van der Waals surface area contributed by atoms with Gasteiger partial charge in [0.2, 0.25) is 0 Å². The number of alkyl halides is 1. The number of halogens is 1. The second kappa shape index (κ2) is 13.0. The van der Waals surface area contributed by atoms with Gasteiger partial charge in [-0.15, -0.1) is 11.6 Å². The second-order valence-corrected chi connectivity index (χ2v) is 8.24. The highest BCUT2D eigenvalue weighted by Gasteiger charge is 2.38. The van der Waals surface area contributed by atoms with Crippen molar-refractivity contribution >= 4 is 29.2 Å². The number of esters is 2. The van der Waals surface area contributed by atoms with Crippen molar-refractivity contribution in [1.29, 1.82) is 0 Å². The number of benzene rings is 1. The van der Waals surface area contributed by atoms with Crippen LogP contribution in [0.4, 0.5) is 5.69 Å². The zero-order valence-electron chi connectivity index (χ0n) is 19.3. The molecule has 0 aromatic heterocycles. The zero-order valence-corrected chi connectivity index (χ0v) is 20.1. The average Bonchev–Trinajstić information content (AvgIpc) is 2.79. The summed E-state index contributed by atoms with van der Waals surface area (Å²) < 4.78 is 10.9. The topological polar surface area (TPSA) is 108 Å². The molecule has 1 aliphatic rings. The van der Waals surface area contributed by atoms with Crippen LogP contribution in [0, 0.1) is 10.1 Å². The smallest absolute Gasteiger partial charge is 0.336 e. The third kappa shape index (κ3) is 7.05. The molecule has 0 fully saturated rings. The minimum Gasteiger partial charge on any atom is -0.462 e. The third-order valence-corrected chi connectivity index (χ3v) is 5.58. The molecule has 0 radical (unpaired) electrons. The SMILES string of the molecule is CCCOC(=O)C1=C(C)NC(C)=C(C(=O)OCCCCCCCl)C1c1cccc([N+](=O)[O-])c1. The Bertz CT molecular complexity index is 941. The van der Waals surface area contributed by atoms with Gasteiger partial charge in [-0.1, -0.05) is 31.9 Å². The number of nitro groups is 1. The van der Waals surface area contributed by atoms with E-state index in [-0.39, 0.29) is 30.0 Å². The van der Waals surface area contributed by atoms with Gasteiger partial charge in [-0.25, -0.2) is 9.59 Å². The maximum Gasteiger partial charge on any atom is 0.336 e. The fourth-order valence-corrected chi connectivity index (χ4v) is 3.94. The first kappa shape index (κ1) is 26.4. The lowest BCUT2D eigenvalue weighted by Gasteiger charge is -2.30. The van der Waals surface area contributed by atoms with E-state index in [1.807, 2.05) is 6.92 Å². The molecule has 180 valence electrons. The quantitative estimate of drug-likeness (QED) is 0.146. The number of carbonyl (C=O) groups excluding carboxylic acids is 2. The summed E-state index contributed by atoms with van der Waals surface area (Å²) in [5.74, 6) is -1.39. The number of carbonyl (C=O) groups is 2. The number of nitrogens with zero attached hydrogens (tertiary/aromatic N) is 1. The molecule has 1 aromatic rings. The molecule has 1 heterocycles. The number of allylic oxidation sites excluding steroid dienone is 2. The van der Waals surface area contributed by atoms with Crippen molar-refractivity contribution in [3.8, 4) is 0 Å². The highest BCUT2D eigenvalue weighted by molar-refractivity contribution is 6.17. The van der Waals surface area contributed by atoms with Gasteiger partial charge in [0, 0.05) is 29.4 Å². The van der Waals surface area contributed by atoms with E-state index in [0.717, 1.165) is 19.3 Å². The summed E-state index contributed by atoms with van der Waals surface area (Å²) in [5, 5.41) is 14.4. The lowest BCUT2D eigenvalue weighted by molar-refractivity contribution is -0.384. The summed E-state index contributed by atoms with van der Waals surface area (Å²) in [6, 6.07) is 5.94. The van der Waals surface area contributed by atoms with E-state index in [1.54, 1.807) is 19.9 Å². The van der Waals surface area contributed by atoms with E-state index in [0.29, 0.717) is 35.7 Å². The van der Waals surface area contributed by atoms with E-state index in [1.165, 1.54) is 18.2 Å². The summed E-state index contributed by atoms with van der Waals surface area (Å²) in [6.45, 7) is 5.78. The van der Waals surface area contributed by atoms with Gasteiger partial charge >= 0.3 is 11.9 Å². The Balaban J connectivity index is 2.40. The van der Waals surface area contributed by atoms with Gasteiger partial charge in [0.25, 0.3) is 5.69 Å². The molecule has 9 heteroatoms. The van der Waals surface area contributed by atoms with Crippen molar-refractivity contribution in [3.63, 3.8) is 0 Å². The van der Waals surface area contributed by atoms with Crippen LogP contribution < -0.4 is 5.32 Å². The van der Waals surface area contributed by atoms with Crippen LogP contribution in [0.5, 0.6) is 0 Å². The summed E-state index contributed by atoms with van der Waals surface area (Å²) in [6.07, 6.45) is 4.09. The number of rotatable bonds is 12. The Morgan fingerprint density at radius 2 is 1.64 bits per heavy atom. The molecule has 0 amide bonds. The van der Waals surface area contributed by atoms with Crippen LogP contribution in [0.15, 0.2) is 46.8 Å². The standard InChI is InChI=1S/C24H31ClN2O6/c1-4-13-32-23(28)20-16(2)26-17(3)21(24(29)33-14-8-6-5-7-12-25)22(20)18-10-9-11-19(15-18)27(30)31/h9-11,15,22,26H,4-8,12-14H2,1-3H3. The molecular weight excluding hydrogens is 448 g/mol. The third-order valence-electron chi connectivity index (χ3n) is 5.31. The predicted octanol–water partition coefficient (Wildman–Crippen LogP) is 5.13. The monoisotopic (exact) mass is 478 g/mol. The zero-order chi connectivity index (χ0) is 24.4. The summed E-state index contributed by atoms with van der Waals surface area (Å²) >= 11 is 5.69. The second-order valence-electron chi connectivity index (χ2n) is 7.86. The summed E-state index contributed by atoms with van der Waals surface area (Å²) in [4.78, 5) is 37.0. The Labute approximate surface area is 199 Å². The Morgan fingerprint density at radius 1 is 1.03 bits per heavy atom. The Morgan fingerprint density at radius 3 is 2.21 bits per heavy atom. The van der Waals surface area contributed by atoms with E-state index >= 15 is 0 Å². The highest BCUT2D eigenvalue weighted by Crippen LogP contribution is 2.40. The summed E-state index contributed by atoms with van der Waals surface area (Å²) in [5.41, 5.74) is 1.86. The minimum atomic E-state index is -0.848. The fourth-order valence-electron chi connectivity index (χ4n) is 3.75. The van der Waals surface area contributed by atoms with Gasteiger partial charge in [0.1, 0.15) is 0 Å². The van der Waals surface area contributed by atoms with Crippen molar-refractivity contribution in [2.75, 3.05) is 19.1 Å². The number of unbranched alkanes of at least 4 members (excludes halogenated alkanes) is 3. The van der Waals surface area contributed by atoms with Crippen molar-refractivity contribution in [2.45, 2.75) is 58.8 Å². The molecule has 8 nitrogen and oxygen atoms in total. The van der Waals surface area contributed by atoms with Gasteiger partial charge in [-0.2, -0.15) is 0 Å². The Kier molecular flexibility index (Phi) is 10.4. The van der Waals surface area contributed by atoms with E-state index in [9.17, 15) is 19.7 Å². The number of hydrogen-bond acceptors (Lipinski definition) is 7. The van der Waals surface area contributed by atoms with Crippen molar-refractivity contribution in [2.24, 2.45) is 0 Å². The molecule has 0 spiro atoms. The van der Waals surface area contributed by atoms with Crippen LogP contribution in [0.25, 0.3) is 0 Å². The van der Waals surface area contributed by atoms with Crippen molar-refractivity contribution in [3.05, 3.63) is 62.5 Å². The van der Waals surface area contributed by atoms with Crippen LogP contribution in [0.3, 0.4) is 0 Å². The summed E-state index contributed by atoms with van der Waals surface area (Å²) in [7, 11) is 0. The van der Waals surface area contributed by atoms with Gasteiger partial charge in [0.05, 0.1) is 35.2 Å². The van der Waals surface area contributed by atoms with Crippen LogP contribution in [-0.2, 0) is 19.1 Å². The number of hydrogen-bond donors (Lipinski definition) is 1. The van der Waals surface area contributed by atoms with Gasteiger partial charge in [-0.05, 0) is 38.7 Å². The van der Waals surface area contributed by atoms with Gasteiger partial charge in [0.15, 0.2) is 0 Å². The largest absolute Gasteiger partial charge is 0.462 e. The predicted molar refractivity (Wildman–Crippen MR) is 126 cm³/mol. The Hall–Kier alpha value is -2.87. The first-order valence-electron chi connectivity index (χ1n) is 11.1. The van der Waals surface area contributed by atoms with Gasteiger partial charge in [-0.3, -0.25) is 10.1 Å². The molecule has 0 bridgehead atoms. The average molecular weight is 479 g/mol. The van der Waals surface area contributed by atoms with Crippen LogP contribution in [0.2, 0.25) is 0 Å². The lowest BCUT2D eigenvalue weighted by atomic mass is 9.80. The van der Waals surface area contributed by atoms with Crippen LogP contribution in [-0.4, -0.2) is 36.0 Å². The number of dihydropyridines is 1. The normalized spacial score (nSPS) is 15.8. The first-order valence-corrected chi connectivity index (χ1v) is 11.7. The molecule has 0 saturated heterocycles. The molecule has 1 unspecified atom stereocenters. The molecule has 1 aliphatic heterocycles. The number of nitrogens with one attached hydrogen (secondary N) is 1. The molecule has 0 aliphatic carbocycles. The van der Waals surface area contributed by atoms with Crippen LogP contribution >= 0.6 is 11.6 Å². The fraction of sp³-hybridized carbons (Fsp3) is 0.500. The number of ether oxygens (including phenoxy) is 2. The molecule has 1 aromatic carbocycles. The van der Waals surface area contributed by atoms with Crippen molar-refractivity contribution < 1.29 is 24.0 Å². The highest BCUT2D eigenvalue weighted by atomic mass is 35.5. The molecule has 2 rings (SSSR count). The maximum atomic E-state index is 13.1. The van der Waals surface area contributed by atoms with E-state index < -0.39 is 22.8 Å². The molecule has 33 heavy (non-hydrogen) atoms. The lowest BCUT2D eigenvalue weighted by Crippen LogP contribution is -2.32. The molecular formula is C24H31ClN2O6. The molecule has 0 saturated carbocycles. The molecule has 1 N–H and O–H groups in total. The maximum absolute atomic E-state index is 13.1. The number of non-ortho nitro benzene ring substituents is 1. The minimum absolute atomic E-state index is 0.130. The number of nitro benzene ring substituents is 1. The van der Waals surface area contributed by atoms with Crippen LogP contribution in [0.1, 0.15) is 64.4 Å². The first-order chi connectivity index (χ1) is 15.8. The van der Waals surface area contributed by atoms with Crippen molar-refractivity contribution in [1.82, 2.24) is 5.32 Å². The van der Waals surface area contributed by atoms with E-state index in [2.05, 4.69) is 5.32 Å². The molecule has 1 atom stereocenters.